The van der Waals surface area contributed by atoms with Crippen LogP contribution in [0.4, 0.5) is 17.1 Å². The van der Waals surface area contributed by atoms with E-state index < -0.39 is 10.8 Å². The molecule has 1 fully saturated rings. The number of rotatable bonds is 8. The zero-order chi connectivity index (χ0) is 28.3. The predicted octanol–water partition coefficient (Wildman–Crippen LogP) is 6.39. The summed E-state index contributed by atoms with van der Waals surface area (Å²) in [5.74, 6) is -0.108. The van der Waals surface area contributed by atoms with Gasteiger partial charge in [-0.1, -0.05) is 49.7 Å². The van der Waals surface area contributed by atoms with E-state index in [0.717, 1.165) is 48.7 Å². The normalized spacial score (nSPS) is 17.3. The number of likely N-dealkylation sites (tertiary alicyclic amines) is 1. The fraction of sp³-hybridized carbons (Fsp3) is 0.281. The van der Waals surface area contributed by atoms with E-state index in [0.29, 0.717) is 22.6 Å². The summed E-state index contributed by atoms with van der Waals surface area (Å²) < 4.78 is 0. The molecule has 9 nitrogen and oxygen atoms in total. The number of carbonyl (C=O) groups is 1. The van der Waals surface area contributed by atoms with Gasteiger partial charge in [0.25, 0.3) is 5.69 Å². The molecule has 6 rings (SSSR count). The van der Waals surface area contributed by atoms with E-state index in [1.54, 1.807) is 6.07 Å². The Balaban J connectivity index is 1.37. The highest BCUT2D eigenvalue weighted by Gasteiger charge is 2.36. The Morgan fingerprint density at radius 2 is 1.80 bits per heavy atom. The molecule has 2 N–H and O–H groups in total. The third-order valence-electron chi connectivity index (χ3n) is 7.85. The standard InChI is InChI=1S/C32H32N6O3/c1-2-29-33-19-28(35-29)22-10-12-24(13-11-22)34-31(23-8-6-21(7-9-23)20-37-16-4-3-5-17-37)30-26-18-25(38(40)41)14-15-27(26)36-32(30)39/h6-15,18-19,30H,2-5,16-17,20H2,1H3,(H,33,35)(H,36,39). The molecule has 1 saturated heterocycles. The number of nitro benzene ring substituents is 1. The quantitative estimate of drug-likeness (QED) is 0.150. The second-order valence-electron chi connectivity index (χ2n) is 10.6. The Hall–Kier alpha value is -4.63. The number of amides is 1. The first kappa shape index (κ1) is 26.6. The van der Waals surface area contributed by atoms with Crippen LogP contribution in [0.5, 0.6) is 0 Å². The van der Waals surface area contributed by atoms with Crippen LogP contribution in [0.15, 0.2) is 77.9 Å². The molecular weight excluding hydrogens is 516 g/mol. The number of aryl methyl sites for hydroxylation is 1. The third kappa shape index (κ3) is 5.67. The third-order valence-corrected chi connectivity index (χ3v) is 7.85. The first-order valence-electron chi connectivity index (χ1n) is 14.1. The summed E-state index contributed by atoms with van der Waals surface area (Å²) in [6.07, 6.45) is 6.40. The zero-order valence-corrected chi connectivity index (χ0v) is 23.0. The van der Waals surface area contributed by atoms with Gasteiger partial charge in [-0.15, -0.1) is 0 Å². The number of fused-ring (bicyclic) bond motifs is 1. The molecule has 208 valence electrons. The molecule has 3 aromatic carbocycles. The Labute approximate surface area is 238 Å². The van der Waals surface area contributed by atoms with Crippen molar-refractivity contribution in [3.05, 3.63) is 106 Å². The van der Waals surface area contributed by atoms with Gasteiger partial charge in [-0.05, 0) is 60.8 Å². The molecule has 1 atom stereocenters. The lowest BCUT2D eigenvalue weighted by Crippen LogP contribution is -2.29. The van der Waals surface area contributed by atoms with Crippen molar-refractivity contribution in [1.29, 1.82) is 0 Å². The molecule has 1 aromatic heterocycles. The number of benzene rings is 3. The number of aromatic nitrogens is 2. The van der Waals surface area contributed by atoms with E-state index in [9.17, 15) is 14.9 Å². The van der Waals surface area contributed by atoms with Crippen LogP contribution in [0, 0.1) is 10.1 Å². The molecule has 0 radical (unpaired) electrons. The number of aliphatic imine (C=N–C) groups is 1. The van der Waals surface area contributed by atoms with Crippen LogP contribution >= 0.6 is 0 Å². The number of nitro groups is 1. The summed E-state index contributed by atoms with van der Waals surface area (Å²) in [6.45, 7) is 5.16. The minimum absolute atomic E-state index is 0.0585. The average Bonchev–Trinajstić information content (AvgIpc) is 3.61. The molecule has 2 aliphatic heterocycles. The van der Waals surface area contributed by atoms with Crippen LogP contribution in [0.1, 0.15) is 54.6 Å². The number of aromatic amines is 1. The number of anilines is 1. The maximum absolute atomic E-state index is 13.3. The number of imidazole rings is 1. The SMILES string of the molecule is CCc1ncc(-c2ccc(N=C(c3ccc(CN4CCCCC4)cc3)C3C(=O)Nc4ccc([N+](=O)[O-])cc43)cc2)[nH]1. The summed E-state index contributed by atoms with van der Waals surface area (Å²) in [4.78, 5) is 39.6. The first-order chi connectivity index (χ1) is 20.0. The van der Waals surface area contributed by atoms with Crippen molar-refractivity contribution < 1.29 is 9.72 Å². The summed E-state index contributed by atoms with van der Waals surface area (Å²) in [6, 6.07) is 20.4. The molecule has 0 spiro atoms. The van der Waals surface area contributed by atoms with Crippen molar-refractivity contribution in [3.63, 3.8) is 0 Å². The second-order valence-corrected chi connectivity index (χ2v) is 10.6. The summed E-state index contributed by atoms with van der Waals surface area (Å²) >= 11 is 0. The number of non-ortho nitro benzene ring substituents is 1. The fourth-order valence-corrected chi connectivity index (χ4v) is 5.63. The molecule has 0 aliphatic carbocycles. The Bertz CT molecular complexity index is 1600. The number of hydrogen-bond acceptors (Lipinski definition) is 6. The van der Waals surface area contributed by atoms with E-state index in [2.05, 4.69) is 32.3 Å². The van der Waals surface area contributed by atoms with Crippen LogP contribution in [-0.2, 0) is 17.8 Å². The van der Waals surface area contributed by atoms with Crippen LogP contribution in [0.25, 0.3) is 11.3 Å². The lowest BCUT2D eigenvalue weighted by atomic mass is 9.90. The zero-order valence-electron chi connectivity index (χ0n) is 23.0. The fourth-order valence-electron chi connectivity index (χ4n) is 5.63. The van der Waals surface area contributed by atoms with Gasteiger partial charge >= 0.3 is 0 Å². The van der Waals surface area contributed by atoms with Crippen molar-refractivity contribution in [2.75, 3.05) is 18.4 Å². The maximum atomic E-state index is 13.3. The molecule has 41 heavy (non-hydrogen) atoms. The number of nitrogens with zero attached hydrogens (tertiary/aromatic N) is 4. The predicted molar refractivity (Wildman–Crippen MR) is 160 cm³/mol. The number of nitrogens with one attached hydrogen (secondary N) is 2. The van der Waals surface area contributed by atoms with Gasteiger partial charge in [-0.25, -0.2) is 4.98 Å². The van der Waals surface area contributed by atoms with Gasteiger partial charge in [0.1, 0.15) is 11.7 Å². The molecular formula is C32H32N6O3. The first-order valence-corrected chi connectivity index (χ1v) is 14.1. The van der Waals surface area contributed by atoms with E-state index >= 15 is 0 Å². The lowest BCUT2D eigenvalue weighted by Gasteiger charge is -2.26. The van der Waals surface area contributed by atoms with Gasteiger partial charge in [0, 0.05) is 36.3 Å². The molecule has 0 saturated carbocycles. The number of hydrogen-bond donors (Lipinski definition) is 2. The van der Waals surface area contributed by atoms with Crippen molar-refractivity contribution in [2.45, 2.75) is 45.1 Å². The van der Waals surface area contributed by atoms with E-state index in [1.165, 1.54) is 37.0 Å². The van der Waals surface area contributed by atoms with Crippen molar-refractivity contribution in [3.8, 4) is 11.3 Å². The number of carbonyl (C=O) groups excluding carboxylic acids is 1. The Morgan fingerprint density at radius 3 is 2.49 bits per heavy atom. The maximum Gasteiger partial charge on any atom is 0.269 e. The van der Waals surface area contributed by atoms with E-state index in [-0.39, 0.29) is 11.6 Å². The summed E-state index contributed by atoms with van der Waals surface area (Å²) in [7, 11) is 0. The van der Waals surface area contributed by atoms with Crippen molar-refractivity contribution >= 4 is 28.7 Å². The summed E-state index contributed by atoms with van der Waals surface area (Å²) in [5.41, 5.74) is 6.23. The molecule has 0 bridgehead atoms. The highest BCUT2D eigenvalue weighted by molar-refractivity contribution is 6.24. The van der Waals surface area contributed by atoms with E-state index in [4.69, 9.17) is 4.99 Å². The minimum atomic E-state index is -0.780. The number of piperidine rings is 1. The van der Waals surface area contributed by atoms with Crippen LogP contribution in [0.3, 0.4) is 0 Å². The van der Waals surface area contributed by atoms with Crippen LogP contribution in [0.2, 0.25) is 0 Å². The van der Waals surface area contributed by atoms with Gasteiger partial charge in [-0.3, -0.25) is 24.8 Å². The van der Waals surface area contributed by atoms with Crippen LogP contribution in [-0.4, -0.2) is 44.5 Å². The second kappa shape index (κ2) is 11.5. The summed E-state index contributed by atoms with van der Waals surface area (Å²) in [5, 5.41) is 14.4. The monoisotopic (exact) mass is 548 g/mol. The van der Waals surface area contributed by atoms with Gasteiger partial charge < -0.3 is 10.3 Å². The Morgan fingerprint density at radius 1 is 1.05 bits per heavy atom. The highest BCUT2D eigenvalue weighted by Crippen LogP contribution is 2.38. The highest BCUT2D eigenvalue weighted by atomic mass is 16.6. The van der Waals surface area contributed by atoms with Gasteiger partial charge in [0.2, 0.25) is 5.91 Å². The molecule has 1 amide bonds. The average molecular weight is 549 g/mol. The van der Waals surface area contributed by atoms with Crippen molar-refractivity contribution in [2.24, 2.45) is 4.99 Å². The van der Waals surface area contributed by atoms with Gasteiger partial charge in [0.15, 0.2) is 0 Å². The molecule has 2 aliphatic rings. The van der Waals surface area contributed by atoms with Crippen LogP contribution < -0.4 is 5.32 Å². The van der Waals surface area contributed by atoms with Gasteiger partial charge in [0.05, 0.1) is 28.2 Å². The van der Waals surface area contributed by atoms with E-state index in [1.807, 2.05) is 49.5 Å². The lowest BCUT2D eigenvalue weighted by molar-refractivity contribution is -0.384. The smallest absolute Gasteiger partial charge is 0.269 e. The molecule has 3 heterocycles. The topological polar surface area (TPSA) is 117 Å². The molecule has 9 heteroatoms. The van der Waals surface area contributed by atoms with Crippen molar-refractivity contribution in [1.82, 2.24) is 14.9 Å². The van der Waals surface area contributed by atoms with Gasteiger partial charge in [-0.2, -0.15) is 0 Å². The Kier molecular flexibility index (Phi) is 7.43. The molecule has 4 aromatic rings. The largest absolute Gasteiger partial charge is 0.342 e. The number of H-pyrrole nitrogens is 1. The minimum Gasteiger partial charge on any atom is -0.342 e. The molecule has 1 unspecified atom stereocenters.